The largest absolute Gasteiger partial charge is 0.310 e. The summed E-state index contributed by atoms with van der Waals surface area (Å²) in [5, 5.41) is 10.2. The SMILES string of the molecule is c1ccc(-c2ccc(N(c3cccc(-c4ccc(-c5cc6ccccc6c6ccccc56)cc4)c3)c3cccc4sc5cc6ccccc6cc5c34)cc2)cc1. The molecule has 2 heteroatoms. The van der Waals surface area contributed by atoms with Gasteiger partial charge in [0.2, 0.25) is 0 Å². The first-order valence-electron chi connectivity index (χ1n) is 19.2. The zero-order chi connectivity index (χ0) is 37.0. The molecular formula is C54H35NS. The Bertz CT molecular complexity index is 3230. The number of nitrogens with zero attached hydrogens (tertiary/aromatic N) is 1. The highest BCUT2D eigenvalue weighted by atomic mass is 32.1. The quantitative estimate of drug-likeness (QED) is 0.154. The Balaban J connectivity index is 1.05. The van der Waals surface area contributed by atoms with Crippen molar-refractivity contribution in [1.82, 2.24) is 0 Å². The van der Waals surface area contributed by atoms with E-state index >= 15 is 0 Å². The van der Waals surface area contributed by atoms with Gasteiger partial charge in [0.1, 0.15) is 0 Å². The molecule has 1 aromatic heterocycles. The zero-order valence-electron chi connectivity index (χ0n) is 30.6. The monoisotopic (exact) mass is 729 g/mol. The maximum atomic E-state index is 2.44. The van der Waals surface area contributed by atoms with Crippen LogP contribution in [0.5, 0.6) is 0 Å². The molecule has 0 saturated heterocycles. The van der Waals surface area contributed by atoms with Gasteiger partial charge in [0.25, 0.3) is 0 Å². The van der Waals surface area contributed by atoms with Gasteiger partial charge in [-0.05, 0) is 120 Å². The first-order chi connectivity index (χ1) is 27.7. The van der Waals surface area contributed by atoms with Gasteiger partial charge in [-0.3, -0.25) is 0 Å². The van der Waals surface area contributed by atoms with E-state index in [-0.39, 0.29) is 0 Å². The lowest BCUT2D eigenvalue weighted by atomic mass is 9.92. The first kappa shape index (κ1) is 32.4. The maximum Gasteiger partial charge on any atom is 0.0554 e. The highest BCUT2D eigenvalue weighted by molar-refractivity contribution is 7.26. The summed E-state index contributed by atoms with van der Waals surface area (Å²) in [4.78, 5) is 2.44. The number of fused-ring (bicyclic) bond motifs is 7. The molecule has 0 radical (unpaired) electrons. The van der Waals surface area contributed by atoms with E-state index in [1.54, 1.807) is 0 Å². The average molecular weight is 730 g/mol. The summed E-state index contributed by atoms with van der Waals surface area (Å²) < 4.78 is 2.59. The molecule has 11 aromatic rings. The van der Waals surface area contributed by atoms with Crippen LogP contribution in [0.2, 0.25) is 0 Å². The van der Waals surface area contributed by atoms with E-state index in [0.717, 1.165) is 11.4 Å². The van der Waals surface area contributed by atoms with Crippen molar-refractivity contribution in [2.24, 2.45) is 0 Å². The molecule has 0 aliphatic carbocycles. The average Bonchev–Trinajstić information content (AvgIpc) is 3.64. The van der Waals surface area contributed by atoms with Crippen molar-refractivity contribution in [3.05, 3.63) is 212 Å². The second-order valence-corrected chi connectivity index (χ2v) is 15.6. The van der Waals surface area contributed by atoms with Crippen molar-refractivity contribution < 1.29 is 0 Å². The molecule has 0 saturated carbocycles. The third kappa shape index (κ3) is 5.54. The van der Waals surface area contributed by atoms with Gasteiger partial charge in [-0.1, -0.05) is 158 Å². The second kappa shape index (κ2) is 13.4. The van der Waals surface area contributed by atoms with Crippen LogP contribution in [0, 0.1) is 0 Å². The van der Waals surface area contributed by atoms with Crippen molar-refractivity contribution >= 4 is 80.9 Å². The molecular weight excluding hydrogens is 695 g/mol. The van der Waals surface area contributed by atoms with Crippen LogP contribution in [0.3, 0.4) is 0 Å². The first-order valence-corrected chi connectivity index (χ1v) is 20.0. The fourth-order valence-corrected chi connectivity index (χ4v) is 9.66. The fraction of sp³-hybridized carbons (Fsp3) is 0. The van der Waals surface area contributed by atoms with Gasteiger partial charge in [-0.2, -0.15) is 0 Å². The Kier molecular flexibility index (Phi) is 7.75. The lowest BCUT2D eigenvalue weighted by Gasteiger charge is -2.27. The Morgan fingerprint density at radius 3 is 1.70 bits per heavy atom. The summed E-state index contributed by atoms with van der Waals surface area (Å²) in [6, 6.07) is 77.7. The van der Waals surface area contributed by atoms with Gasteiger partial charge < -0.3 is 4.90 Å². The standard InChI is InChI=1S/C54H35NS/c1-2-12-36(13-3-1)37-28-30-44(31-29-37)55(51-22-11-23-52-54(51)50-33-41-14-4-5-15-42(41)35-53(50)56-52)45-18-10-17-40(32-45)38-24-26-39(27-25-38)49-34-43-16-6-7-19-46(43)47-20-8-9-21-48(47)49/h1-35H. The van der Waals surface area contributed by atoms with Gasteiger partial charge in [0, 0.05) is 31.5 Å². The Morgan fingerprint density at radius 2 is 0.893 bits per heavy atom. The van der Waals surface area contributed by atoms with Gasteiger partial charge in [0.15, 0.2) is 0 Å². The van der Waals surface area contributed by atoms with Gasteiger partial charge in [0.05, 0.1) is 5.69 Å². The molecule has 0 bridgehead atoms. The van der Waals surface area contributed by atoms with Crippen LogP contribution >= 0.6 is 11.3 Å². The molecule has 56 heavy (non-hydrogen) atoms. The molecule has 11 rings (SSSR count). The number of hydrogen-bond donors (Lipinski definition) is 0. The third-order valence-electron chi connectivity index (χ3n) is 11.2. The van der Waals surface area contributed by atoms with Crippen LogP contribution in [-0.4, -0.2) is 0 Å². The van der Waals surface area contributed by atoms with E-state index in [1.807, 2.05) is 11.3 Å². The molecule has 0 unspecified atom stereocenters. The summed E-state index contributed by atoms with van der Waals surface area (Å²) in [6.07, 6.45) is 0. The molecule has 0 aliphatic heterocycles. The van der Waals surface area contributed by atoms with Crippen LogP contribution in [-0.2, 0) is 0 Å². The van der Waals surface area contributed by atoms with E-state index < -0.39 is 0 Å². The molecule has 10 aromatic carbocycles. The minimum Gasteiger partial charge on any atom is -0.310 e. The lowest BCUT2D eigenvalue weighted by molar-refractivity contribution is 1.30. The highest BCUT2D eigenvalue weighted by Crippen LogP contribution is 2.46. The Hall–Kier alpha value is -7.00. The minimum atomic E-state index is 1.12. The predicted octanol–water partition coefficient (Wildman–Crippen LogP) is 16.0. The summed E-state index contributed by atoms with van der Waals surface area (Å²) in [7, 11) is 0. The summed E-state index contributed by atoms with van der Waals surface area (Å²) in [5.41, 5.74) is 10.7. The number of rotatable bonds is 6. The molecule has 0 N–H and O–H groups in total. The van der Waals surface area contributed by atoms with Crippen LogP contribution in [0.4, 0.5) is 17.1 Å². The van der Waals surface area contributed by atoms with E-state index in [4.69, 9.17) is 0 Å². The molecule has 1 heterocycles. The van der Waals surface area contributed by atoms with Crippen LogP contribution < -0.4 is 4.90 Å². The molecule has 0 atom stereocenters. The molecule has 0 spiro atoms. The molecule has 0 fully saturated rings. The Morgan fingerprint density at radius 1 is 0.304 bits per heavy atom. The van der Waals surface area contributed by atoms with Crippen LogP contribution in [0.25, 0.3) is 85.9 Å². The van der Waals surface area contributed by atoms with E-state index in [1.165, 1.54) is 91.6 Å². The van der Waals surface area contributed by atoms with Crippen molar-refractivity contribution in [3.8, 4) is 33.4 Å². The number of anilines is 3. The normalized spacial score (nSPS) is 11.6. The van der Waals surface area contributed by atoms with Gasteiger partial charge in [-0.25, -0.2) is 0 Å². The van der Waals surface area contributed by atoms with Crippen molar-refractivity contribution in [2.75, 3.05) is 4.90 Å². The molecule has 262 valence electrons. The molecule has 0 aliphatic rings. The Labute approximate surface area is 330 Å². The fourth-order valence-electron chi connectivity index (χ4n) is 8.50. The van der Waals surface area contributed by atoms with Gasteiger partial charge >= 0.3 is 0 Å². The summed E-state index contributed by atoms with van der Waals surface area (Å²) in [5.74, 6) is 0. The van der Waals surface area contributed by atoms with Crippen molar-refractivity contribution in [1.29, 1.82) is 0 Å². The van der Waals surface area contributed by atoms with E-state index in [0.29, 0.717) is 0 Å². The summed E-state index contributed by atoms with van der Waals surface area (Å²) >= 11 is 1.87. The van der Waals surface area contributed by atoms with Gasteiger partial charge in [-0.15, -0.1) is 11.3 Å². The van der Waals surface area contributed by atoms with Crippen molar-refractivity contribution in [2.45, 2.75) is 0 Å². The highest BCUT2D eigenvalue weighted by Gasteiger charge is 2.20. The smallest absolute Gasteiger partial charge is 0.0554 e. The van der Waals surface area contributed by atoms with Crippen molar-refractivity contribution in [3.63, 3.8) is 0 Å². The van der Waals surface area contributed by atoms with E-state index in [2.05, 4.69) is 217 Å². The summed E-state index contributed by atoms with van der Waals surface area (Å²) in [6.45, 7) is 0. The third-order valence-corrected chi connectivity index (χ3v) is 12.3. The molecule has 0 amide bonds. The molecule has 1 nitrogen and oxygen atoms in total. The number of benzene rings is 10. The zero-order valence-corrected chi connectivity index (χ0v) is 31.4. The van der Waals surface area contributed by atoms with E-state index in [9.17, 15) is 0 Å². The predicted molar refractivity (Wildman–Crippen MR) is 243 cm³/mol. The minimum absolute atomic E-state index is 1.12. The number of hydrogen-bond acceptors (Lipinski definition) is 2. The topological polar surface area (TPSA) is 3.24 Å². The van der Waals surface area contributed by atoms with Crippen LogP contribution in [0.1, 0.15) is 0 Å². The van der Waals surface area contributed by atoms with Crippen LogP contribution in [0.15, 0.2) is 212 Å². The number of thiophene rings is 1. The maximum absolute atomic E-state index is 2.44. The second-order valence-electron chi connectivity index (χ2n) is 14.5. The lowest BCUT2D eigenvalue weighted by Crippen LogP contribution is -2.10.